The van der Waals surface area contributed by atoms with Crippen molar-refractivity contribution in [3.05, 3.63) is 23.9 Å². The van der Waals surface area contributed by atoms with Gasteiger partial charge in [0.2, 0.25) is 0 Å². The Balaban J connectivity index is 2.69. The first kappa shape index (κ1) is 16.3. The molecule has 0 aliphatic rings. The molecular formula is C16H27ClN2. The summed E-state index contributed by atoms with van der Waals surface area (Å²) in [5, 5.41) is 3.42. The zero-order valence-electron chi connectivity index (χ0n) is 12.9. The van der Waals surface area contributed by atoms with Gasteiger partial charge in [-0.15, -0.1) is 11.6 Å². The summed E-state index contributed by atoms with van der Waals surface area (Å²) in [5.41, 5.74) is 1.58. The van der Waals surface area contributed by atoms with E-state index in [9.17, 15) is 0 Å². The Labute approximate surface area is 123 Å². The monoisotopic (exact) mass is 282 g/mol. The Morgan fingerprint density at radius 3 is 2.16 bits per heavy atom. The molecule has 0 atom stereocenters. The van der Waals surface area contributed by atoms with Crippen molar-refractivity contribution in [2.45, 2.75) is 52.9 Å². The molecule has 0 aliphatic heterocycles. The molecule has 2 nitrogen and oxygen atoms in total. The molecule has 1 aromatic rings. The van der Waals surface area contributed by atoms with Gasteiger partial charge in [-0.25, -0.2) is 4.98 Å². The number of nitrogens with one attached hydrogen (secondary N) is 1. The number of nitrogens with zero attached hydrogens (tertiary/aromatic N) is 1. The Morgan fingerprint density at radius 1 is 1.16 bits per heavy atom. The summed E-state index contributed by atoms with van der Waals surface area (Å²) in [5.74, 6) is 1.62. The highest BCUT2D eigenvalue weighted by molar-refractivity contribution is 6.18. The van der Waals surface area contributed by atoms with E-state index < -0.39 is 0 Å². The topological polar surface area (TPSA) is 24.9 Å². The van der Waals surface area contributed by atoms with E-state index in [1.54, 1.807) is 0 Å². The standard InChI is InChI=1S/C16H27ClN2/c1-6-16(7-2,11-17)12-19-14-9-8-13(10-18-14)15(3,4)5/h8-10H,6-7,11-12H2,1-5H3,(H,18,19). The summed E-state index contributed by atoms with van der Waals surface area (Å²) < 4.78 is 0. The van der Waals surface area contributed by atoms with Crippen LogP contribution in [0.2, 0.25) is 0 Å². The fourth-order valence-corrected chi connectivity index (χ4v) is 2.43. The fourth-order valence-electron chi connectivity index (χ4n) is 1.96. The highest BCUT2D eigenvalue weighted by Gasteiger charge is 2.24. The van der Waals surface area contributed by atoms with Gasteiger partial charge in [-0.05, 0) is 29.9 Å². The first-order chi connectivity index (χ1) is 8.87. The molecule has 0 fully saturated rings. The molecule has 19 heavy (non-hydrogen) atoms. The van der Waals surface area contributed by atoms with E-state index in [4.69, 9.17) is 11.6 Å². The van der Waals surface area contributed by atoms with Crippen molar-refractivity contribution >= 4 is 17.4 Å². The van der Waals surface area contributed by atoms with E-state index in [0.29, 0.717) is 5.88 Å². The Kier molecular flexibility index (Phi) is 5.66. The van der Waals surface area contributed by atoms with Crippen LogP contribution in [0.3, 0.4) is 0 Å². The van der Waals surface area contributed by atoms with E-state index >= 15 is 0 Å². The van der Waals surface area contributed by atoms with Gasteiger partial charge < -0.3 is 5.32 Å². The normalized spacial score (nSPS) is 12.5. The molecule has 0 aromatic carbocycles. The van der Waals surface area contributed by atoms with E-state index in [0.717, 1.165) is 25.2 Å². The summed E-state index contributed by atoms with van der Waals surface area (Å²) in [7, 11) is 0. The van der Waals surface area contributed by atoms with E-state index in [1.165, 1.54) is 5.56 Å². The SMILES string of the molecule is CCC(CC)(CCl)CNc1ccc(C(C)(C)C)cn1. The largest absolute Gasteiger partial charge is 0.369 e. The minimum Gasteiger partial charge on any atom is -0.369 e. The second-order valence-electron chi connectivity index (χ2n) is 6.38. The predicted octanol–water partition coefficient (Wildman–Crippen LogP) is 4.84. The number of alkyl halides is 1. The molecule has 1 heterocycles. The second-order valence-corrected chi connectivity index (χ2v) is 6.64. The van der Waals surface area contributed by atoms with Crippen LogP contribution in [0.1, 0.15) is 53.0 Å². The predicted molar refractivity (Wildman–Crippen MR) is 85.2 cm³/mol. The van der Waals surface area contributed by atoms with Gasteiger partial charge >= 0.3 is 0 Å². The highest BCUT2D eigenvalue weighted by atomic mass is 35.5. The maximum Gasteiger partial charge on any atom is 0.125 e. The van der Waals surface area contributed by atoms with Gasteiger partial charge in [0, 0.05) is 24.0 Å². The van der Waals surface area contributed by atoms with Crippen LogP contribution in [0.5, 0.6) is 0 Å². The van der Waals surface area contributed by atoms with Crippen LogP contribution in [0, 0.1) is 5.41 Å². The van der Waals surface area contributed by atoms with Crippen molar-refractivity contribution in [2.75, 3.05) is 17.7 Å². The first-order valence-corrected chi connectivity index (χ1v) is 7.66. The summed E-state index contributed by atoms with van der Waals surface area (Å²) in [6, 6.07) is 4.21. The maximum absolute atomic E-state index is 6.12. The molecule has 108 valence electrons. The minimum atomic E-state index is 0.151. The smallest absolute Gasteiger partial charge is 0.125 e. The van der Waals surface area contributed by atoms with Crippen LogP contribution in [-0.4, -0.2) is 17.4 Å². The molecule has 0 radical (unpaired) electrons. The number of anilines is 1. The van der Waals surface area contributed by atoms with Crippen molar-refractivity contribution in [2.24, 2.45) is 5.41 Å². The Hall–Kier alpha value is -0.760. The first-order valence-electron chi connectivity index (χ1n) is 7.13. The number of halogens is 1. The molecular weight excluding hydrogens is 256 g/mol. The summed E-state index contributed by atoms with van der Waals surface area (Å²) in [6.07, 6.45) is 4.13. The molecule has 0 saturated carbocycles. The van der Waals surface area contributed by atoms with Gasteiger partial charge in [-0.2, -0.15) is 0 Å². The van der Waals surface area contributed by atoms with Crippen LogP contribution in [0.4, 0.5) is 5.82 Å². The third kappa shape index (κ3) is 4.38. The van der Waals surface area contributed by atoms with Crippen molar-refractivity contribution in [3.63, 3.8) is 0 Å². The second kappa shape index (κ2) is 6.60. The van der Waals surface area contributed by atoms with Crippen molar-refractivity contribution < 1.29 is 0 Å². The van der Waals surface area contributed by atoms with Crippen molar-refractivity contribution in [1.82, 2.24) is 4.98 Å². The van der Waals surface area contributed by atoms with Gasteiger partial charge in [0.1, 0.15) is 5.82 Å². The molecule has 0 aliphatic carbocycles. The van der Waals surface area contributed by atoms with Crippen LogP contribution in [-0.2, 0) is 5.41 Å². The Morgan fingerprint density at radius 2 is 1.79 bits per heavy atom. The molecule has 3 heteroatoms. The van der Waals surface area contributed by atoms with E-state index in [2.05, 4.69) is 57.1 Å². The van der Waals surface area contributed by atoms with Crippen LogP contribution in [0.25, 0.3) is 0 Å². The number of hydrogen-bond acceptors (Lipinski definition) is 2. The zero-order valence-corrected chi connectivity index (χ0v) is 13.6. The molecule has 1 aromatic heterocycles. The van der Waals surface area contributed by atoms with E-state index in [-0.39, 0.29) is 10.8 Å². The third-order valence-electron chi connectivity index (χ3n) is 4.06. The molecule has 1 N–H and O–H groups in total. The molecule has 0 spiro atoms. The van der Waals surface area contributed by atoms with Gasteiger partial charge in [0.15, 0.2) is 0 Å². The lowest BCUT2D eigenvalue weighted by Gasteiger charge is -2.29. The number of hydrogen-bond donors (Lipinski definition) is 1. The van der Waals surface area contributed by atoms with Crippen molar-refractivity contribution in [1.29, 1.82) is 0 Å². The van der Waals surface area contributed by atoms with Gasteiger partial charge in [-0.3, -0.25) is 0 Å². The molecule has 0 amide bonds. The van der Waals surface area contributed by atoms with Crippen LogP contribution >= 0.6 is 11.6 Å². The van der Waals surface area contributed by atoms with Crippen LogP contribution in [0.15, 0.2) is 18.3 Å². The molecule has 0 saturated heterocycles. The summed E-state index contributed by atoms with van der Waals surface area (Å²) in [6.45, 7) is 11.9. The van der Waals surface area contributed by atoms with Gasteiger partial charge in [-0.1, -0.05) is 40.7 Å². The maximum atomic E-state index is 6.12. The lowest BCUT2D eigenvalue weighted by atomic mass is 9.84. The highest BCUT2D eigenvalue weighted by Crippen LogP contribution is 2.28. The number of aromatic nitrogens is 1. The summed E-state index contributed by atoms with van der Waals surface area (Å²) in [4.78, 5) is 4.50. The fraction of sp³-hybridized carbons (Fsp3) is 0.688. The Bertz CT molecular complexity index is 366. The molecule has 1 rings (SSSR count). The van der Waals surface area contributed by atoms with Crippen LogP contribution < -0.4 is 5.32 Å². The lowest BCUT2D eigenvalue weighted by Crippen LogP contribution is -2.30. The lowest BCUT2D eigenvalue weighted by molar-refractivity contribution is 0.326. The zero-order chi connectivity index (χ0) is 14.5. The summed E-state index contributed by atoms with van der Waals surface area (Å²) >= 11 is 6.12. The average molecular weight is 283 g/mol. The average Bonchev–Trinajstić information content (AvgIpc) is 2.40. The van der Waals surface area contributed by atoms with Crippen molar-refractivity contribution in [3.8, 4) is 0 Å². The third-order valence-corrected chi connectivity index (χ3v) is 4.62. The minimum absolute atomic E-state index is 0.151. The number of rotatable bonds is 6. The molecule has 0 unspecified atom stereocenters. The molecule has 0 bridgehead atoms. The number of pyridine rings is 1. The van der Waals surface area contributed by atoms with Gasteiger partial charge in [0.25, 0.3) is 0 Å². The van der Waals surface area contributed by atoms with Gasteiger partial charge in [0.05, 0.1) is 0 Å². The quantitative estimate of drug-likeness (QED) is 0.756. The van der Waals surface area contributed by atoms with E-state index in [1.807, 2.05) is 6.20 Å².